The molecule has 9 heavy (non-hydrogen) atoms. The van der Waals surface area contributed by atoms with E-state index in [1.54, 1.807) is 11.6 Å². The number of allylic oxidation sites excluding steroid dienone is 1. The zero-order valence-electron chi connectivity index (χ0n) is 5.79. The Morgan fingerprint density at radius 3 is 2.56 bits per heavy atom. The summed E-state index contributed by atoms with van der Waals surface area (Å²) in [5.74, 6) is 0. The van der Waals surface area contributed by atoms with Crippen LogP contribution < -0.4 is 0 Å². The fourth-order valence-electron chi connectivity index (χ4n) is 0.386. The van der Waals surface area contributed by atoms with Crippen molar-refractivity contribution in [2.75, 3.05) is 0 Å². The number of hydrogen-bond acceptors (Lipinski definition) is 2. The van der Waals surface area contributed by atoms with E-state index < -0.39 is 0 Å². The normalized spacial score (nSPS) is 12.4. The van der Waals surface area contributed by atoms with Crippen LogP contribution in [0.2, 0.25) is 0 Å². The molecule has 0 aromatic heterocycles. The second kappa shape index (κ2) is 5.63. The van der Waals surface area contributed by atoms with Crippen LogP contribution in [0.3, 0.4) is 0 Å². The van der Waals surface area contributed by atoms with Crippen LogP contribution in [0.25, 0.3) is 0 Å². The molecule has 50 valence electrons. The monoisotopic (exact) mass is 141 g/mol. The van der Waals surface area contributed by atoms with Gasteiger partial charge < -0.3 is 0 Å². The average molecular weight is 141 g/mol. The maximum absolute atomic E-state index is 4.06. The standard InChI is InChI=1S/C7H11NS/c1-4-7(8-5-2)9-6-3/h4-6H,3H2,1-2H3/b7-4-,8-5-. The molecule has 0 unspecified atom stereocenters. The lowest BCUT2D eigenvalue weighted by Gasteiger charge is -1.90. The molecule has 0 aliphatic rings. The van der Waals surface area contributed by atoms with E-state index >= 15 is 0 Å². The van der Waals surface area contributed by atoms with E-state index in [1.807, 2.05) is 19.9 Å². The minimum atomic E-state index is 0.993. The first-order chi connectivity index (χ1) is 4.35. The second-order valence-electron chi connectivity index (χ2n) is 1.30. The van der Waals surface area contributed by atoms with Crippen molar-refractivity contribution in [3.8, 4) is 0 Å². The fourth-order valence-corrected chi connectivity index (χ4v) is 0.859. The van der Waals surface area contributed by atoms with Crippen molar-refractivity contribution < 1.29 is 0 Å². The molecule has 0 fully saturated rings. The van der Waals surface area contributed by atoms with Gasteiger partial charge in [-0.1, -0.05) is 24.4 Å². The summed E-state index contributed by atoms with van der Waals surface area (Å²) >= 11 is 1.53. The van der Waals surface area contributed by atoms with Gasteiger partial charge in [0.05, 0.1) is 5.03 Å². The number of thioether (sulfide) groups is 1. The van der Waals surface area contributed by atoms with Gasteiger partial charge in [0, 0.05) is 6.21 Å². The number of nitrogens with zero attached hydrogens (tertiary/aromatic N) is 1. The maximum atomic E-state index is 4.06. The van der Waals surface area contributed by atoms with E-state index in [0.29, 0.717) is 0 Å². The molecule has 2 heteroatoms. The van der Waals surface area contributed by atoms with Crippen molar-refractivity contribution in [3.05, 3.63) is 23.1 Å². The van der Waals surface area contributed by atoms with Crippen LogP contribution in [0.1, 0.15) is 13.8 Å². The third kappa shape index (κ3) is 4.03. The van der Waals surface area contributed by atoms with Gasteiger partial charge in [-0.2, -0.15) is 0 Å². The van der Waals surface area contributed by atoms with Crippen LogP contribution >= 0.6 is 11.8 Å². The van der Waals surface area contributed by atoms with Crippen molar-refractivity contribution in [2.24, 2.45) is 4.99 Å². The molecule has 0 saturated carbocycles. The van der Waals surface area contributed by atoms with E-state index in [4.69, 9.17) is 0 Å². The Kier molecular flexibility index (Phi) is 5.32. The first-order valence-corrected chi connectivity index (χ1v) is 3.65. The minimum Gasteiger partial charge on any atom is -0.255 e. The first-order valence-electron chi connectivity index (χ1n) is 2.77. The highest BCUT2D eigenvalue weighted by molar-refractivity contribution is 8.05. The predicted octanol–water partition coefficient (Wildman–Crippen LogP) is 2.82. The maximum Gasteiger partial charge on any atom is 0.0954 e. The molecular formula is C7H11NS. The molecule has 0 aromatic carbocycles. The van der Waals surface area contributed by atoms with Gasteiger partial charge in [-0.05, 0) is 19.3 Å². The minimum absolute atomic E-state index is 0.993. The zero-order valence-corrected chi connectivity index (χ0v) is 6.61. The Labute approximate surface area is 60.6 Å². The largest absolute Gasteiger partial charge is 0.255 e. The highest BCUT2D eigenvalue weighted by atomic mass is 32.2. The van der Waals surface area contributed by atoms with Crippen LogP contribution in [0.4, 0.5) is 0 Å². The number of aliphatic imine (C=N–C) groups is 1. The lowest BCUT2D eigenvalue weighted by atomic mass is 10.7. The molecule has 1 nitrogen and oxygen atoms in total. The molecule has 0 saturated heterocycles. The third-order valence-electron chi connectivity index (χ3n) is 0.707. The quantitative estimate of drug-likeness (QED) is 0.550. The topological polar surface area (TPSA) is 12.4 Å². The molecule has 0 aliphatic heterocycles. The van der Waals surface area contributed by atoms with Crippen molar-refractivity contribution >= 4 is 18.0 Å². The van der Waals surface area contributed by atoms with Crippen LogP contribution in [-0.2, 0) is 0 Å². The molecule has 0 amide bonds. The van der Waals surface area contributed by atoms with E-state index in [1.165, 1.54) is 11.8 Å². The summed E-state index contributed by atoms with van der Waals surface area (Å²) < 4.78 is 0. The van der Waals surface area contributed by atoms with E-state index in [9.17, 15) is 0 Å². The molecule has 0 radical (unpaired) electrons. The molecule has 0 bridgehead atoms. The van der Waals surface area contributed by atoms with Crippen LogP contribution in [0.15, 0.2) is 28.1 Å². The highest BCUT2D eigenvalue weighted by Crippen LogP contribution is 2.15. The van der Waals surface area contributed by atoms with E-state index in [0.717, 1.165) is 5.03 Å². The molecular weight excluding hydrogens is 130 g/mol. The molecule has 0 rings (SSSR count). The summed E-state index contributed by atoms with van der Waals surface area (Å²) in [6, 6.07) is 0. The number of rotatable bonds is 3. The first kappa shape index (κ1) is 8.50. The van der Waals surface area contributed by atoms with Gasteiger partial charge in [0.15, 0.2) is 0 Å². The van der Waals surface area contributed by atoms with Crippen molar-refractivity contribution in [3.63, 3.8) is 0 Å². The van der Waals surface area contributed by atoms with Gasteiger partial charge in [0.1, 0.15) is 0 Å². The van der Waals surface area contributed by atoms with Crippen molar-refractivity contribution in [1.29, 1.82) is 0 Å². The molecule has 0 aliphatic carbocycles. The fraction of sp³-hybridized carbons (Fsp3) is 0.286. The molecule has 0 N–H and O–H groups in total. The van der Waals surface area contributed by atoms with Gasteiger partial charge in [0.25, 0.3) is 0 Å². The molecule has 0 spiro atoms. The van der Waals surface area contributed by atoms with Crippen LogP contribution in [0.5, 0.6) is 0 Å². The van der Waals surface area contributed by atoms with E-state index in [-0.39, 0.29) is 0 Å². The Bertz CT molecular complexity index is 136. The SMILES string of the molecule is C=CSC(=C\C)/N=C\C. The summed E-state index contributed by atoms with van der Waals surface area (Å²) in [5, 5.41) is 2.76. The Morgan fingerprint density at radius 1 is 1.56 bits per heavy atom. The molecule has 0 heterocycles. The molecule has 0 aromatic rings. The summed E-state index contributed by atoms with van der Waals surface area (Å²) in [6.07, 6.45) is 3.72. The van der Waals surface area contributed by atoms with Crippen LogP contribution in [-0.4, -0.2) is 6.21 Å². The summed E-state index contributed by atoms with van der Waals surface area (Å²) in [5.41, 5.74) is 0. The smallest absolute Gasteiger partial charge is 0.0954 e. The zero-order chi connectivity index (χ0) is 7.11. The van der Waals surface area contributed by atoms with Crippen molar-refractivity contribution in [1.82, 2.24) is 0 Å². The number of hydrogen-bond donors (Lipinski definition) is 0. The highest BCUT2D eigenvalue weighted by Gasteiger charge is 1.84. The average Bonchev–Trinajstić information content (AvgIpc) is 1.88. The van der Waals surface area contributed by atoms with Crippen LogP contribution in [0, 0.1) is 0 Å². The third-order valence-corrected chi connectivity index (χ3v) is 1.46. The summed E-state index contributed by atoms with van der Waals surface area (Å²) in [6.45, 7) is 7.43. The Balaban J connectivity index is 3.84. The van der Waals surface area contributed by atoms with Gasteiger partial charge in [-0.15, -0.1) is 0 Å². The summed E-state index contributed by atoms with van der Waals surface area (Å²) in [7, 11) is 0. The summed E-state index contributed by atoms with van der Waals surface area (Å²) in [4.78, 5) is 4.06. The predicted molar refractivity (Wildman–Crippen MR) is 45.7 cm³/mol. The Morgan fingerprint density at radius 2 is 2.22 bits per heavy atom. The second-order valence-corrected chi connectivity index (χ2v) is 2.29. The van der Waals surface area contributed by atoms with E-state index in [2.05, 4.69) is 11.6 Å². The van der Waals surface area contributed by atoms with Gasteiger partial charge >= 0.3 is 0 Å². The lowest BCUT2D eigenvalue weighted by molar-refractivity contribution is 1.49. The van der Waals surface area contributed by atoms with Crippen molar-refractivity contribution in [2.45, 2.75) is 13.8 Å². The van der Waals surface area contributed by atoms with Gasteiger partial charge in [-0.3, -0.25) is 4.99 Å². The molecule has 0 atom stereocenters. The van der Waals surface area contributed by atoms with Gasteiger partial charge in [-0.25, -0.2) is 0 Å². The van der Waals surface area contributed by atoms with Gasteiger partial charge in [0.2, 0.25) is 0 Å². The lowest BCUT2D eigenvalue weighted by Crippen LogP contribution is -1.66. The Hall–Kier alpha value is -0.500.